The Kier molecular flexibility index (Phi) is 3.02. The molecule has 1 fully saturated rings. The van der Waals surface area contributed by atoms with Gasteiger partial charge in [-0.25, -0.2) is 4.98 Å². The van der Waals surface area contributed by atoms with Gasteiger partial charge in [-0.1, -0.05) is 12.1 Å². The molecule has 3 rings (SSSR count). The molecule has 3 N–H and O–H groups in total. The summed E-state index contributed by atoms with van der Waals surface area (Å²) < 4.78 is 2.03. The van der Waals surface area contributed by atoms with Crippen molar-refractivity contribution < 1.29 is 0 Å². The van der Waals surface area contributed by atoms with E-state index in [9.17, 15) is 0 Å². The van der Waals surface area contributed by atoms with E-state index >= 15 is 0 Å². The first-order valence-electron chi connectivity index (χ1n) is 6.42. The summed E-state index contributed by atoms with van der Waals surface area (Å²) in [4.78, 5) is 4.10. The summed E-state index contributed by atoms with van der Waals surface area (Å²) >= 11 is 0. The Morgan fingerprint density at radius 2 is 2.17 bits per heavy atom. The Morgan fingerprint density at radius 3 is 2.89 bits per heavy atom. The number of nitrogens with two attached hydrogens (primary N) is 1. The summed E-state index contributed by atoms with van der Waals surface area (Å²) in [5.41, 5.74) is 8.24. The summed E-state index contributed by atoms with van der Waals surface area (Å²) in [5, 5.41) is 3.60. The normalized spacial score (nSPS) is 23.2. The lowest BCUT2D eigenvalue weighted by molar-refractivity contribution is 0.687. The standard InChI is InChI=1S/C14H18N4/c15-11-5-6-12(9-11)17-13-3-1-2-4-14(13)18-8-7-16-10-18/h1-4,7-8,10-12,17H,5-6,9,15H2. The molecule has 0 aliphatic heterocycles. The largest absolute Gasteiger partial charge is 0.381 e. The van der Waals surface area contributed by atoms with Gasteiger partial charge < -0.3 is 15.6 Å². The van der Waals surface area contributed by atoms with Gasteiger partial charge in [-0.3, -0.25) is 0 Å². The molecular weight excluding hydrogens is 224 g/mol. The summed E-state index contributed by atoms with van der Waals surface area (Å²) in [6.07, 6.45) is 8.90. The van der Waals surface area contributed by atoms with Gasteiger partial charge in [0.1, 0.15) is 0 Å². The fourth-order valence-electron chi connectivity index (χ4n) is 2.59. The van der Waals surface area contributed by atoms with Gasteiger partial charge in [0, 0.05) is 24.5 Å². The average Bonchev–Trinajstić information content (AvgIpc) is 3.02. The van der Waals surface area contributed by atoms with Crippen molar-refractivity contribution in [1.82, 2.24) is 9.55 Å². The number of benzene rings is 1. The zero-order chi connectivity index (χ0) is 12.4. The van der Waals surface area contributed by atoms with E-state index in [1.54, 1.807) is 6.20 Å². The van der Waals surface area contributed by atoms with Gasteiger partial charge in [0.25, 0.3) is 0 Å². The maximum Gasteiger partial charge on any atom is 0.0992 e. The maximum atomic E-state index is 5.96. The van der Waals surface area contributed by atoms with Gasteiger partial charge in [0.05, 0.1) is 17.7 Å². The molecule has 2 unspecified atom stereocenters. The van der Waals surface area contributed by atoms with Crippen molar-refractivity contribution >= 4 is 5.69 Å². The molecule has 1 heterocycles. The molecule has 0 amide bonds. The summed E-state index contributed by atoms with van der Waals surface area (Å²) in [7, 11) is 0. The second kappa shape index (κ2) is 4.82. The Morgan fingerprint density at radius 1 is 1.28 bits per heavy atom. The van der Waals surface area contributed by atoms with E-state index in [0.717, 1.165) is 30.6 Å². The molecule has 1 aliphatic rings. The van der Waals surface area contributed by atoms with Crippen LogP contribution < -0.4 is 11.1 Å². The van der Waals surface area contributed by atoms with Crippen molar-refractivity contribution in [2.24, 2.45) is 5.73 Å². The molecule has 1 aromatic heterocycles. The quantitative estimate of drug-likeness (QED) is 0.867. The second-order valence-electron chi connectivity index (χ2n) is 4.90. The Balaban J connectivity index is 1.84. The molecule has 0 radical (unpaired) electrons. The lowest BCUT2D eigenvalue weighted by Gasteiger charge is -2.17. The second-order valence-corrected chi connectivity index (χ2v) is 4.90. The molecule has 94 valence electrons. The number of anilines is 1. The zero-order valence-corrected chi connectivity index (χ0v) is 10.3. The first-order valence-corrected chi connectivity index (χ1v) is 6.42. The smallest absolute Gasteiger partial charge is 0.0992 e. The van der Waals surface area contributed by atoms with Crippen LogP contribution in [0.3, 0.4) is 0 Å². The lowest BCUT2D eigenvalue weighted by Crippen LogP contribution is -2.21. The van der Waals surface area contributed by atoms with E-state index < -0.39 is 0 Å². The van der Waals surface area contributed by atoms with Gasteiger partial charge in [-0.05, 0) is 31.4 Å². The Hall–Kier alpha value is -1.81. The Labute approximate surface area is 107 Å². The maximum absolute atomic E-state index is 5.96. The first kappa shape index (κ1) is 11.3. The average molecular weight is 242 g/mol. The highest BCUT2D eigenvalue weighted by Crippen LogP contribution is 2.25. The van der Waals surface area contributed by atoms with Gasteiger partial charge in [-0.15, -0.1) is 0 Å². The number of para-hydroxylation sites is 2. The van der Waals surface area contributed by atoms with E-state index in [1.807, 2.05) is 23.2 Å². The molecule has 2 atom stereocenters. The van der Waals surface area contributed by atoms with Crippen molar-refractivity contribution in [3.05, 3.63) is 43.0 Å². The predicted molar refractivity (Wildman–Crippen MR) is 72.8 cm³/mol. The summed E-state index contributed by atoms with van der Waals surface area (Å²) in [6, 6.07) is 9.14. The molecule has 4 nitrogen and oxygen atoms in total. The van der Waals surface area contributed by atoms with E-state index in [4.69, 9.17) is 5.73 Å². The fourth-order valence-corrected chi connectivity index (χ4v) is 2.59. The molecule has 2 aromatic rings. The number of hydrogen-bond acceptors (Lipinski definition) is 3. The summed E-state index contributed by atoms with van der Waals surface area (Å²) in [6.45, 7) is 0. The number of hydrogen-bond donors (Lipinski definition) is 2. The highest BCUT2D eigenvalue weighted by Gasteiger charge is 2.22. The number of nitrogens with zero attached hydrogens (tertiary/aromatic N) is 2. The number of nitrogens with one attached hydrogen (secondary N) is 1. The number of rotatable bonds is 3. The van der Waals surface area contributed by atoms with Crippen LogP contribution in [-0.4, -0.2) is 21.6 Å². The van der Waals surface area contributed by atoms with E-state index in [-0.39, 0.29) is 0 Å². The van der Waals surface area contributed by atoms with Crippen LogP contribution in [0.1, 0.15) is 19.3 Å². The Bertz CT molecular complexity index is 506. The third-order valence-corrected chi connectivity index (χ3v) is 3.52. The van der Waals surface area contributed by atoms with Crippen LogP contribution in [0, 0.1) is 0 Å². The minimum Gasteiger partial charge on any atom is -0.381 e. The van der Waals surface area contributed by atoms with Gasteiger partial charge in [-0.2, -0.15) is 0 Å². The molecule has 4 heteroatoms. The molecule has 1 aromatic carbocycles. The van der Waals surface area contributed by atoms with Crippen molar-refractivity contribution in [2.75, 3.05) is 5.32 Å². The lowest BCUT2D eigenvalue weighted by atomic mass is 10.2. The van der Waals surface area contributed by atoms with Crippen LogP contribution in [0.25, 0.3) is 5.69 Å². The number of aromatic nitrogens is 2. The van der Waals surface area contributed by atoms with Crippen LogP contribution in [0.2, 0.25) is 0 Å². The van der Waals surface area contributed by atoms with Gasteiger partial charge in [0.15, 0.2) is 0 Å². The third kappa shape index (κ3) is 2.24. The highest BCUT2D eigenvalue weighted by molar-refractivity contribution is 5.61. The highest BCUT2D eigenvalue weighted by atomic mass is 15.1. The van der Waals surface area contributed by atoms with Crippen LogP contribution in [-0.2, 0) is 0 Å². The van der Waals surface area contributed by atoms with Crippen LogP contribution >= 0.6 is 0 Å². The minimum atomic E-state index is 0.350. The van der Waals surface area contributed by atoms with E-state index in [0.29, 0.717) is 12.1 Å². The monoisotopic (exact) mass is 242 g/mol. The number of imidazole rings is 1. The molecular formula is C14H18N4. The SMILES string of the molecule is NC1CCC(Nc2ccccc2-n2ccnc2)C1. The van der Waals surface area contributed by atoms with Crippen LogP contribution in [0.4, 0.5) is 5.69 Å². The molecule has 0 saturated heterocycles. The predicted octanol–water partition coefficient (Wildman–Crippen LogP) is 2.16. The van der Waals surface area contributed by atoms with Crippen molar-refractivity contribution in [3.63, 3.8) is 0 Å². The molecule has 1 aliphatic carbocycles. The van der Waals surface area contributed by atoms with E-state index in [1.165, 1.54) is 0 Å². The first-order chi connectivity index (χ1) is 8.83. The van der Waals surface area contributed by atoms with Crippen molar-refractivity contribution in [2.45, 2.75) is 31.3 Å². The molecule has 0 bridgehead atoms. The van der Waals surface area contributed by atoms with E-state index in [2.05, 4.69) is 28.5 Å². The molecule has 1 saturated carbocycles. The minimum absolute atomic E-state index is 0.350. The van der Waals surface area contributed by atoms with Crippen LogP contribution in [0.15, 0.2) is 43.0 Å². The molecule has 0 spiro atoms. The fraction of sp³-hybridized carbons (Fsp3) is 0.357. The zero-order valence-electron chi connectivity index (χ0n) is 10.3. The van der Waals surface area contributed by atoms with Crippen molar-refractivity contribution in [1.29, 1.82) is 0 Å². The van der Waals surface area contributed by atoms with Gasteiger partial charge >= 0.3 is 0 Å². The molecule has 18 heavy (non-hydrogen) atoms. The summed E-state index contributed by atoms with van der Waals surface area (Å²) in [5.74, 6) is 0. The van der Waals surface area contributed by atoms with Crippen LogP contribution in [0.5, 0.6) is 0 Å². The topological polar surface area (TPSA) is 55.9 Å². The van der Waals surface area contributed by atoms with Crippen molar-refractivity contribution in [3.8, 4) is 5.69 Å². The van der Waals surface area contributed by atoms with Gasteiger partial charge in [0.2, 0.25) is 0 Å². The third-order valence-electron chi connectivity index (χ3n) is 3.52.